The van der Waals surface area contributed by atoms with Crippen LogP contribution < -0.4 is 20.3 Å². The molecule has 2 unspecified atom stereocenters. The van der Waals surface area contributed by atoms with E-state index in [9.17, 15) is 4.79 Å². The summed E-state index contributed by atoms with van der Waals surface area (Å²) in [5.74, 6) is 1.47. The van der Waals surface area contributed by atoms with E-state index in [1.54, 1.807) is 30.5 Å². The molecular formula is C28H24Cl2N4O4S. The number of ether oxygens (including phenoxy) is 2. The Kier molecular flexibility index (Phi) is 8.04. The third-order valence-corrected chi connectivity index (χ3v) is 7.28. The number of hydrogen-bond donors (Lipinski definition) is 2. The van der Waals surface area contributed by atoms with Gasteiger partial charge in [0.1, 0.15) is 29.9 Å². The standard InChI is InChI=1S/C28H24Cl2N4O4S/c1-36-15-25(35)32-21-14-17(7-9-23(21)37-2)34-27(26(33-28(34)39)20-5-3-4-12-31-20)24-11-10-22(38-24)16-6-8-18(29)19(30)13-16/h3-14,26-27H,15H2,1-2H3,(H,32,35)(H,33,39). The summed E-state index contributed by atoms with van der Waals surface area (Å²) in [6.07, 6.45) is 1.74. The van der Waals surface area contributed by atoms with Crippen molar-refractivity contribution in [2.45, 2.75) is 12.1 Å². The number of benzene rings is 2. The fourth-order valence-corrected chi connectivity index (χ4v) is 5.14. The average molecular weight is 583 g/mol. The Morgan fingerprint density at radius 1 is 1.10 bits per heavy atom. The molecule has 0 spiro atoms. The van der Waals surface area contributed by atoms with E-state index >= 15 is 0 Å². The van der Waals surface area contributed by atoms with E-state index < -0.39 is 6.04 Å². The van der Waals surface area contributed by atoms with Gasteiger partial charge in [-0.1, -0.05) is 29.3 Å². The van der Waals surface area contributed by atoms with Crippen molar-refractivity contribution < 1.29 is 18.7 Å². The summed E-state index contributed by atoms with van der Waals surface area (Å²) in [6.45, 7) is -0.0919. The first kappa shape index (κ1) is 27.0. The Morgan fingerprint density at radius 3 is 2.67 bits per heavy atom. The third kappa shape index (κ3) is 5.58. The second-order valence-corrected chi connectivity index (χ2v) is 9.89. The van der Waals surface area contributed by atoms with Crippen molar-refractivity contribution in [3.63, 3.8) is 0 Å². The van der Waals surface area contributed by atoms with Crippen molar-refractivity contribution in [1.29, 1.82) is 0 Å². The van der Waals surface area contributed by atoms with E-state index in [4.69, 9.17) is 49.3 Å². The van der Waals surface area contributed by atoms with E-state index in [-0.39, 0.29) is 18.6 Å². The fourth-order valence-electron chi connectivity index (χ4n) is 4.50. The highest BCUT2D eigenvalue weighted by atomic mass is 35.5. The molecule has 8 nitrogen and oxygen atoms in total. The average Bonchev–Trinajstić information content (AvgIpc) is 3.55. The van der Waals surface area contributed by atoms with Gasteiger partial charge in [-0.3, -0.25) is 9.78 Å². The highest BCUT2D eigenvalue weighted by Crippen LogP contribution is 2.44. The molecule has 200 valence electrons. The number of carbonyl (C=O) groups is 1. The summed E-state index contributed by atoms with van der Waals surface area (Å²) in [7, 11) is 3.00. The first-order valence-corrected chi connectivity index (χ1v) is 13.1. The number of carbonyl (C=O) groups excluding carboxylic acids is 1. The van der Waals surface area contributed by atoms with Crippen molar-refractivity contribution in [3.8, 4) is 17.1 Å². The maximum absolute atomic E-state index is 12.3. The van der Waals surface area contributed by atoms with Crippen LogP contribution in [0.1, 0.15) is 23.5 Å². The molecule has 0 aliphatic carbocycles. The van der Waals surface area contributed by atoms with Crippen LogP contribution in [-0.2, 0) is 9.53 Å². The van der Waals surface area contributed by atoms with Crippen LogP contribution in [0.5, 0.6) is 5.75 Å². The maximum Gasteiger partial charge on any atom is 0.250 e. The Balaban J connectivity index is 1.58. The normalized spacial score (nSPS) is 16.7. The quantitative estimate of drug-likeness (QED) is 0.230. The van der Waals surface area contributed by atoms with Crippen LogP contribution >= 0.6 is 35.4 Å². The zero-order chi connectivity index (χ0) is 27.5. The van der Waals surface area contributed by atoms with Crippen LogP contribution in [0.25, 0.3) is 11.3 Å². The molecule has 2 atom stereocenters. The number of aromatic nitrogens is 1. The van der Waals surface area contributed by atoms with Crippen molar-refractivity contribution in [3.05, 3.63) is 94.4 Å². The summed E-state index contributed by atoms with van der Waals surface area (Å²) in [6, 6.07) is 19.6. The van der Waals surface area contributed by atoms with Crippen molar-refractivity contribution in [1.82, 2.24) is 10.3 Å². The first-order chi connectivity index (χ1) is 18.9. The SMILES string of the molecule is COCC(=O)Nc1cc(N2C(=S)NC(c3ccccn3)C2c2ccc(-c3ccc(Cl)c(Cl)c3)o2)ccc1OC. The largest absolute Gasteiger partial charge is 0.495 e. The molecule has 2 aromatic heterocycles. The summed E-state index contributed by atoms with van der Waals surface area (Å²) >= 11 is 18.2. The number of nitrogens with zero attached hydrogens (tertiary/aromatic N) is 2. The van der Waals surface area contributed by atoms with Gasteiger partial charge in [-0.15, -0.1) is 0 Å². The van der Waals surface area contributed by atoms with Gasteiger partial charge in [-0.2, -0.15) is 0 Å². The number of nitrogens with one attached hydrogen (secondary N) is 2. The van der Waals surface area contributed by atoms with Crippen LogP contribution in [0.4, 0.5) is 11.4 Å². The van der Waals surface area contributed by atoms with Gasteiger partial charge in [0, 0.05) is 24.6 Å². The van der Waals surface area contributed by atoms with Gasteiger partial charge in [0.25, 0.3) is 0 Å². The highest BCUT2D eigenvalue weighted by Gasteiger charge is 2.42. The number of furan rings is 1. The van der Waals surface area contributed by atoms with Gasteiger partial charge in [0.2, 0.25) is 5.91 Å². The molecule has 39 heavy (non-hydrogen) atoms. The summed E-state index contributed by atoms with van der Waals surface area (Å²) in [5, 5.41) is 7.61. The van der Waals surface area contributed by atoms with Gasteiger partial charge in [-0.05, 0) is 72.9 Å². The van der Waals surface area contributed by atoms with Gasteiger partial charge in [0.05, 0.1) is 34.6 Å². The van der Waals surface area contributed by atoms with E-state index in [1.165, 1.54) is 14.2 Å². The predicted molar refractivity (Wildman–Crippen MR) is 156 cm³/mol. The number of thiocarbonyl (C=S) groups is 1. The molecular weight excluding hydrogens is 559 g/mol. The Hall–Kier alpha value is -3.63. The van der Waals surface area contributed by atoms with Crippen LogP contribution in [0.15, 0.2) is 77.3 Å². The number of pyridine rings is 1. The second kappa shape index (κ2) is 11.6. The van der Waals surface area contributed by atoms with Crippen LogP contribution in [0.2, 0.25) is 10.0 Å². The van der Waals surface area contributed by atoms with E-state index in [0.717, 1.165) is 16.9 Å². The maximum atomic E-state index is 12.3. The Labute approximate surface area is 240 Å². The van der Waals surface area contributed by atoms with E-state index in [2.05, 4.69) is 15.6 Å². The zero-order valence-corrected chi connectivity index (χ0v) is 23.3. The minimum atomic E-state index is -0.403. The van der Waals surface area contributed by atoms with Crippen LogP contribution in [0.3, 0.4) is 0 Å². The lowest BCUT2D eigenvalue weighted by Gasteiger charge is -2.27. The molecule has 2 N–H and O–H groups in total. The monoisotopic (exact) mass is 582 g/mol. The molecule has 1 saturated heterocycles. The molecule has 1 aliphatic rings. The number of amides is 1. The van der Waals surface area contributed by atoms with Gasteiger partial charge < -0.3 is 29.4 Å². The third-order valence-electron chi connectivity index (χ3n) is 6.23. The Bertz CT molecular complexity index is 1510. The van der Waals surface area contributed by atoms with E-state index in [1.807, 2.05) is 47.4 Å². The minimum Gasteiger partial charge on any atom is -0.495 e. The smallest absolute Gasteiger partial charge is 0.250 e. The van der Waals surface area contributed by atoms with Crippen molar-refractivity contribution >= 4 is 57.8 Å². The first-order valence-electron chi connectivity index (χ1n) is 11.9. The summed E-state index contributed by atoms with van der Waals surface area (Å²) in [5.41, 5.74) is 2.78. The molecule has 11 heteroatoms. The van der Waals surface area contributed by atoms with Crippen LogP contribution in [0, 0.1) is 0 Å². The van der Waals surface area contributed by atoms with Gasteiger partial charge >= 0.3 is 0 Å². The van der Waals surface area contributed by atoms with Crippen molar-refractivity contribution in [2.24, 2.45) is 0 Å². The minimum absolute atomic E-state index is 0.0919. The van der Waals surface area contributed by atoms with Gasteiger partial charge in [0.15, 0.2) is 5.11 Å². The van der Waals surface area contributed by atoms with E-state index in [0.29, 0.717) is 38.1 Å². The number of rotatable bonds is 8. The number of anilines is 2. The molecule has 0 saturated carbocycles. The lowest BCUT2D eigenvalue weighted by Crippen LogP contribution is -2.29. The zero-order valence-electron chi connectivity index (χ0n) is 21.0. The second-order valence-electron chi connectivity index (χ2n) is 8.69. The molecule has 0 radical (unpaired) electrons. The number of hydrogen-bond acceptors (Lipinski definition) is 6. The molecule has 1 fully saturated rings. The Morgan fingerprint density at radius 2 is 1.95 bits per heavy atom. The van der Waals surface area contributed by atoms with Crippen LogP contribution in [-0.4, -0.2) is 36.8 Å². The molecule has 3 heterocycles. The number of methoxy groups -OCH3 is 2. The van der Waals surface area contributed by atoms with Gasteiger partial charge in [-0.25, -0.2) is 0 Å². The molecule has 5 rings (SSSR count). The molecule has 0 bridgehead atoms. The molecule has 4 aromatic rings. The summed E-state index contributed by atoms with van der Waals surface area (Å²) in [4.78, 5) is 18.8. The predicted octanol–water partition coefficient (Wildman–Crippen LogP) is 6.42. The molecule has 2 aromatic carbocycles. The summed E-state index contributed by atoms with van der Waals surface area (Å²) < 4.78 is 16.8. The van der Waals surface area contributed by atoms with Crippen molar-refractivity contribution in [2.75, 3.05) is 31.0 Å². The fraction of sp³-hybridized carbons (Fsp3) is 0.179. The molecule has 1 aliphatic heterocycles. The lowest BCUT2D eigenvalue weighted by atomic mass is 10.0. The topological polar surface area (TPSA) is 88.9 Å². The highest BCUT2D eigenvalue weighted by molar-refractivity contribution is 7.80. The lowest BCUT2D eigenvalue weighted by molar-refractivity contribution is -0.119. The number of halogens is 2. The molecule has 1 amide bonds.